The van der Waals surface area contributed by atoms with Crippen LogP contribution in [0, 0.1) is 12.0 Å². The van der Waals surface area contributed by atoms with Crippen molar-refractivity contribution in [1.29, 1.82) is 0 Å². The van der Waals surface area contributed by atoms with Gasteiger partial charge in [0.2, 0.25) is 17.7 Å². The van der Waals surface area contributed by atoms with Gasteiger partial charge in [-0.1, -0.05) is 47.4 Å². The molecular formula is C22H24O3. The number of hydrogen-bond acceptors (Lipinski definition) is 3. The van der Waals surface area contributed by atoms with E-state index in [-0.39, 0.29) is 11.6 Å². The third kappa shape index (κ3) is 4.48. The van der Waals surface area contributed by atoms with Crippen molar-refractivity contribution < 1.29 is 14.3 Å². The number of fused-ring (bicyclic) bond motifs is 1. The predicted octanol–water partition coefficient (Wildman–Crippen LogP) is 4.67. The number of Topliss-reactive ketones (excluding diaryl/α,β-unsaturated/α-hetero) is 2. The molecule has 25 heavy (non-hydrogen) atoms. The van der Waals surface area contributed by atoms with Gasteiger partial charge in [-0.25, -0.2) is 0 Å². The number of carbonyl (C=O) groups excluding carboxylic acids is 2. The smallest absolute Gasteiger partial charge is 0.235 e. The van der Waals surface area contributed by atoms with E-state index in [1.165, 1.54) is 11.1 Å². The first-order chi connectivity index (χ1) is 12.0. The van der Waals surface area contributed by atoms with Gasteiger partial charge in [-0.3, -0.25) is 9.59 Å². The Labute approximate surface area is 149 Å². The van der Waals surface area contributed by atoms with Gasteiger partial charge in [-0.15, -0.1) is 0 Å². The van der Waals surface area contributed by atoms with Gasteiger partial charge < -0.3 is 4.74 Å². The minimum atomic E-state index is -1.12. The van der Waals surface area contributed by atoms with Crippen molar-refractivity contribution in [3.05, 3.63) is 58.2 Å². The molecule has 0 bridgehead atoms. The maximum absolute atomic E-state index is 12.6. The third-order valence-electron chi connectivity index (χ3n) is 4.18. The van der Waals surface area contributed by atoms with Crippen LogP contribution in [0.5, 0.6) is 0 Å². The Hall–Kier alpha value is -2.60. The van der Waals surface area contributed by atoms with Gasteiger partial charge in [0.15, 0.2) is 0 Å². The van der Waals surface area contributed by atoms with E-state index < -0.39 is 6.10 Å². The van der Waals surface area contributed by atoms with E-state index in [4.69, 9.17) is 4.74 Å². The molecule has 0 aliphatic heterocycles. The van der Waals surface area contributed by atoms with E-state index in [1.54, 1.807) is 13.0 Å². The second-order valence-corrected chi connectivity index (χ2v) is 6.49. The third-order valence-corrected chi connectivity index (χ3v) is 4.18. The molecule has 0 fully saturated rings. The summed E-state index contributed by atoms with van der Waals surface area (Å²) >= 11 is 0. The lowest BCUT2D eigenvalue weighted by Gasteiger charge is -2.06. The number of ether oxygens (including phenoxy) is 1. The summed E-state index contributed by atoms with van der Waals surface area (Å²) in [6.45, 7) is 7.88. The fraction of sp³-hybridized carbons (Fsp3) is 0.364. The first-order valence-corrected chi connectivity index (χ1v) is 8.52. The molecule has 1 aliphatic rings. The summed E-state index contributed by atoms with van der Waals surface area (Å²) in [4.78, 5) is 25.0. The SMILES string of the molecule is CC#COC1C(=O)c2cccc(C/C=C(\C)CCC=C(C)C)c2C1=O. The number of hydrogen-bond donors (Lipinski definition) is 0. The van der Waals surface area contributed by atoms with Crippen molar-refractivity contribution in [1.82, 2.24) is 0 Å². The minimum absolute atomic E-state index is 0.283. The molecular weight excluding hydrogens is 312 g/mol. The van der Waals surface area contributed by atoms with Gasteiger partial charge in [0.05, 0.1) is 0 Å². The molecule has 0 radical (unpaired) electrons. The average Bonchev–Trinajstić information content (AvgIpc) is 2.82. The highest BCUT2D eigenvalue weighted by Gasteiger charge is 2.41. The molecule has 0 heterocycles. The average molecular weight is 336 g/mol. The molecule has 1 atom stereocenters. The zero-order chi connectivity index (χ0) is 18.4. The molecule has 0 saturated heterocycles. The Kier molecular flexibility index (Phi) is 6.36. The van der Waals surface area contributed by atoms with E-state index in [0.29, 0.717) is 17.5 Å². The molecule has 1 aromatic carbocycles. The van der Waals surface area contributed by atoms with Crippen LogP contribution in [-0.2, 0) is 11.2 Å². The van der Waals surface area contributed by atoms with Gasteiger partial charge in [0.1, 0.15) is 6.11 Å². The normalized spacial score (nSPS) is 16.2. The van der Waals surface area contributed by atoms with Crippen molar-refractivity contribution in [2.45, 2.75) is 53.1 Å². The van der Waals surface area contributed by atoms with Crippen LogP contribution < -0.4 is 0 Å². The summed E-state index contributed by atoms with van der Waals surface area (Å²) in [7, 11) is 0. The monoisotopic (exact) mass is 336 g/mol. The summed E-state index contributed by atoms with van der Waals surface area (Å²) in [6.07, 6.45) is 8.25. The van der Waals surface area contributed by atoms with E-state index in [2.05, 4.69) is 45.0 Å². The van der Waals surface area contributed by atoms with Crippen LogP contribution in [0.25, 0.3) is 0 Å². The van der Waals surface area contributed by atoms with Crippen molar-refractivity contribution in [2.24, 2.45) is 0 Å². The van der Waals surface area contributed by atoms with E-state index in [9.17, 15) is 9.59 Å². The predicted molar refractivity (Wildman–Crippen MR) is 99.6 cm³/mol. The van der Waals surface area contributed by atoms with Gasteiger partial charge in [-0.05, 0) is 45.6 Å². The van der Waals surface area contributed by atoms with Crippen molar-refractivity contribution in [2.75, 3.05) is 0 Å². The molecule has 1 aromatic rings. The summed E-state index contributed by atoms with van der Waals surface area (Å²) in [5.74, 6) is 1.97. The van der Waals surface area contributed by atoms with Crippen LogP contribution >= 0.6 is 0 Å². The molecule has 1 unspecified atom stereocenters. The minimum Gasteiger partial charge on any atom is -0.426 e. The van der Waals surface area contributed by atoms with Crippen LogP contribution in [0.3, 0.4) is 0 Å². The molecule has 3 heteroatoms. The fourth-order valence-corrected chi connectivity index (χ4v) is 2.86. The summed E-state index contributed by atoms with van der Waals surface area (Å²) in [5.41, 5.74) is 4.40. The lowest BCUT2D eigenvalue weighted by Crippen LogP contribution is -2.24. The molecule has 0 saturated carbocycles. The molecule has 0 N–H and O–H groups in total. The number of ketones is 2. The first-order valence-electron chi connectivity index (χ1n) is 8.52. The highest BCUT2D eigenvalue weighted by Crippen LogP contribution is 2.28. The van der Waals surface area contributed by atoms with Crippen molar-refractivity contribution >= 4 is 11.6 Å². The van der Waals surface area contributed by atoms with Gasteiger partial charge >= 0.3 is 0 Å². The van der Waals surface area contributed by atoms with E-state index in [1.807, 2.05) is 12.1 Å². The van der Waals surface area contributed by atoms with Crippen LogP contribution in [0.15, 0.2) is 41.5 Å². The molecule has 3 nitrogen and oxygen atoms in total. The van der Waals surface area contributed by atoms with Gasteiger partial charge in [0, 0.05) is 18.1 Å². The summed E-state index contributed by atoms with van der Waals surface area (Å²) < 4.78 is 5.13. The Bertz CT molecular complexity index is 796. The van der Waals surface area contributed by atoms with E-state index >= 15 is 0 Å². The zero-order valence-electron chi connectivity index (χ0n) is 15.3. The molecule has 2 rings (SSSR count). The quantitative estimate of drug-likeness (QED) is 0.431. The van der Waals surface area contributed by atoms with Crippen LogP contribution in [-0.4, -0.2) is 17.7 Å². The lowest BCUT2D eigenvalue weighted by molar-refractivity contribution is 0.0658. The Morgan fingerprint density at radius 3 is 2.60 bits per heavy atom. The highest BCUT2D eigenvalue weighted by atomic mass is 16.5. The zero-order valence-corrected chi connectivity index (χ0v) is 15.3. The van der Waals surface area contributed by atoms with Crippen LogP contribution in [0.1, 0.15) is 66.8 Å². The number of carbonyl (C=O) groups is 2. The van der Waals surface area contributed by atoms with Gasteiger partial charge in [0.25, 0.3) is 0 Å². The summed E-state index contributed by atoms with van der Waals surface area (Å²) in [6, 6.07) is 5.41. The number of rotatable bonds is 6. The van der Waals surface area contributed by atoms with Crippen molar-refractivity contribution in [3.8, 4) is 12.0 Å². The Balaban J connectivity index is 2.18. The Morgan fingerprint density at radius 1 is 1.16 bits per heavy atom. The molecule has 0 aromatic heterocycles. The topological polar surface area (TPSA) is 43.4 Å². The van der Waals surface area contributed by atoms with E-state index in [0.717, 1.165) is 18.4 Å². The second-order valence-electron chi connectivity index (χ2n) is 6.49. The van der Waals surface area contributed by atoms with Gasteiger partial charge in [-0.2, -0.15) is 0 Å². The Morgan fingerprint density at radius 2 is 1.92 bits per heavy atom. The molecule has 0 amide bonds. The molecule has 1 aliphatic carbocycles. The largest absolute Gasteiger partial charge is 0.426 e. The summed E-state index contributed by atoms with van der Waals surface area (Å²) in [5, 5.41) is 0. The highest BCUT2D eigenvalue weighted by molar-refractivity contribution is 6.29. The molecule has 0 spiro atoms. The molecule has 130 valence electrons. The fourth-order valence-electron chi connectivity index (χ4n) is 2.86. The number of allylic oxidation sites excluding steroid dienone is 4. The first kappa shape index (κ1) is 18.7. The lowest BCUT2D eigenvalue weighted by atomic mass is 9.98. The standard InChI is InChI=1S/C22H24O3/c1-5-14-25-22-20(23)18-11-7-10-17(19(18)21(22)24)13-12-16(4)9-6-8-15(2)3/h7-8,10-12,22H,6,9,13H2,1-4H3/b16-12+. The van der Waals surface area contributed by atoms with Crippen LogP contribution in [0.4, 0.5) is 0 Å². The number of benzene rings is 1. The van der Waals surface area contributed by atoms with Crippen molar-refractivity contribution in [3.63, 3.8) is 0 Å². The maximum Gasteiger partial charge on any atom is 0.235 e. The second kappa shape index (κ2) is 8.48. The van der Waals surface area contributed by atoms with Crippen LogP contribution in [0.2, 0.25) is 0 Å². The maximum atomic E-state index is 12.6.